The fourth-order valence-corrected chi connectivity index (χ4v) is 4.16. The zero-order valence-corrected chi connectivity index (χ0v) is 13.0. The number of hydrogen-bond donors (Lipinski definition) is 2. The van der Waals surface area contributed by atoms with Gasteiger partial charge in [0.25, 0.3) is 0 Å². The first-order chi connectivity index (χ1) is 9.70. The minimum atomic E-state index is -0.0527. The van der Waals surface area contributed by atoms with Gasteiger partial charge in [-0.3, -0.25) is 0 Å². The molecule has 0 unspecified atom stereocenters. The second-order valence-corrected chi connectivity index (χ2v) is 7.04. The van der Waals surface area contributed by atoms with E-state index in [1.54, 1.807) is 11.3 Å². The van der Waals surface area contributed by atoms with Gasteiger partial charge in [0.05, 0.1) is 11.8 Å². The molecule has 2 N–H and O–H groups in total. The summed E-state index contributed by atoms with van der Waals surface area (Å²) in [5, 5.41) is 16.7. The number of rotatable bonds is 3. The molecule has 0 bridgehead atoms. The van der Waals surface area contributed by atoms with Gasteiger partial charge in [-0.2, -0.15) is 0 Å². The van der Waals surface area contributed by atoms with Crippen LogP contribution in [0, 0.1) is 6.92 Å². The second kappa shape index (κ2) is 6.41. The van der Waals surface area contributed by atoms with Gasteiger partial charge in [0.2, 0.25) is 0 Å². The van der Waals surface area contributed by atoms with E-state index in [9.17, 15) is 5.11 Å². The van der Waals surface area contributed by atoms with Crippen LogP contribution in [-0.2, 0) is 0 Å². The Morgan fingerprint density at radius 2 is 1.80 bits per heavy atom. The third-order valence-electron chi connectivity index (χ3n) is 4.54. The van der Waals surface area contributed by atoms with Crippen LogP contribution in [0.25, 0.3) is 0 Å². The zero-order chi connectivity index (χ0) is 13.9. The smallest absolute Gasteiger partial charge is 0.185 e. The van der Waals surface area contributed by atoms with E-state index in [1.807, 2.05) is 0 Å². The molecule has 1 saturated carbocycles. The number of aryl methyl sites for hydroxylation is 1. The number of aromatic nitrogens is 1. The van der Waals surface area contributed by atoms with E-state index in [0.29, 0.717) is 12.1 Å². The van der Waals surface area contributed by atoms with E-state index in [4.69, 9.17) is 0 Å². The molecule has 112 valence electrons. The van der Waals surface area contributed by atoms with E-state index in [2.05, 4.69) is 27.5 Å². The Bertz CT molecular complexity index is 421. The zero-order valence-electron chi connectivity index (χ0n) is 12.2. The maximum Gasteiger partial charge on any atom is 0.185 e. The molecule has 2 heterocycles. The van der Waals surface area contributed by atoms with Crippen molar-refractivity contribution in [2.75, 3.05) is 18.0 Å². The summed E-state index contributed by atoms with van der Waals surface area (Å²) >= 11 is 1.76. The van der Waals surface area contributed by atoms with Gasteiger partial charge in [0.1, 0.15) is 0 Å². The SMILES string of the molecule is Cc1csc(N2CCC(NC3CCC(O)CC3)CC2)n1. The average Bonchev–Trinajstić information content (AvgIpc) is 2.89. The summed E-state index contributed by atoms with van der Waals surface area (Å²) in [6.07, 6.45) is 6.56. The van der Waals surface area contributed by atoms with Crippen LogP contribution in [0.2, 0.25) is 0 Å². The minimum absolute atomic E-state index is 0.0527. The Hall–Kier alpha value is -0.650. The van der Waals surface area contributed by atoms with Gasteiger partial charge in [-0.25, -0.2) is 4.98 Å². The normalized spacial score (nSPS) is 28.8. The summed E-state index contributed by atoms with van der Waals surface area (Å²) < 4.78 is 0. The van der Waals surface area contributed by atoms with E-state index in [0.717, 1.165) is 44.5 Å². The Morgan fingerprint density at radius 1 is 1.15 bits per heavy atom. The van der Waals surface area contributed by atoms with Gasteiger partial charge in [0, 0.05) is 30.6 Å². The van der Waals surface area contributed by atoms with Crippen LogP contribution in [0.1, 0.15) is 44.2 Å². The predicted octanol–water partition coefficient (Wildman–Crippen LogP) is 2.31. The highest BCUT2D eigenvalue weighted by atomic mass is 32.1. The molecule has 20 heavy (non-hydrogen) atoms. The summed E-state index contributed by atoms with van der Waals surface area (Å²) in [6.45, 7) is 4.28. The molecule has 1 aromatic heterocycles. The third kappa shape index (κ3) is 3.51. The van der Waals surface area contributed by atoms with E-state index in [-0.39, 0.29) is 6.10 Å². The van der Waals surface area contributed by atoms with Gasteiger partial charge in [-0.05, 0) is 45.4 Å². The van der Waals surface area contributed by atoms with Crippen LogP contribution in [0.5, 0.6) is 0 Å². The van der Waals surface area contributed by atoms with Gasteiger partial charge in [-0.15, -0.1) is 11.3 Å². The molecule has 4 nitrogen and oxygen atoms in total. The van der Waals surface area contributed by atoms with Crippen molar-refractivity contribution in [2.24, 2.45) is 0 Å². The molecule has 0 spiro atoms. The molecule has 1 aliphatic carbocycles. The highest BCUT2D eigenvalue weighted by Gasteiger charge is 2.25. The minimum Gasteiger partial charge on any atom is -0.393 e. The summed E-state index contributed by atoms with van der Waals surface area (Å²) in [4.78, 5) is 7.00. The molecule has 0 atom stereocenters. The monoisotopic (exact) mass is 295 g/mol. The molecule has 1 saturated heterocycles. The molecule has 0 amide bonds. The molecule has 2 fully saturated rings. The lowest BCUT2D eigenvalue weighted by molar-refractivity contribution is 0.113. The summed E-state index contributed by atoms with van der Waals surface area (Å²) in [6, 6.07) is 1.27. The summed E-state index contributed by atoms with van der Waals surface area (Å²) in [7, 11) is 0. The van der Waals surface area contributed by atoms with E-state index < -0.39 is 0 Å². The van der Waals surface area contributed by atoms with Crippen molar-refractivity contribution in [1.82, 2.24) is 10.3 Å². The predicted molar refractivity (Wildman–Crippen MR) is 83.5 cm³/mol. The van der Waals surface area contributed by atoms with Crippen LogP contribution in [0.4, 0.5) is 5.13 Å². The first-order valence-electron chi connectivity index (χ1n) is 7.82. The molecule has 1 aliphatic heterocycles. The van der Waals surface area contributed by atoms with E-state index >= 15 is 0 Å². The first-order valence-corrected chi connectivity index (χ1v) is 8.70. The molecule has 0 radical (unpaired) electrons. The van der Waals surface area contributed by atoms with Crippen molar-refractivity contribution in [3.63, 3.8) is 0 Å². The molecular weight excluding hydrogens is 270 g/mol. The lowest BCUT2D eigenvalue weighted by atomic mass is 9.91. The molecular formula is C15H25N3OS. The molecule has 0 aromatic carbocycles. The van der Waals surface area contributed by atoms with Crippen LogP contribution in [0.3, 0.4) is 0 Å². The highest BCUT2D eigenvalue weighted by Crippen LogP contribution is 2.25. The maximum atomic E-state index is 9.56. The molecule has 3 rings (SSSR count). The Balaban J connectivity index is 1.44. The van der Waals surface area contributed by atoms with Crippen LogP contribution >= 0.6 is 11.3 Å². The quantitative estimate of drug-likeness (QED) is 0.898. The second-order valence-electron chi connectivity index (χ2n) is 6.20. The van der Waals surface area contributed by atoms with Crippen molar-refractivity contribution < 1.29 is 5.11 Å². The van der Waals surface area contributed by atoms with Crippen LogP contribution in [-0.4, -0.2) is 41.4 Å². The average molecular weight is 295 g/mol. The van der Waals surface area contributed by atoms with Gasteiger partial charge in [-0.1, -0.05) is 0 Å². The number of nitrogens with zero attached hydrogens (tertiary/aromatic N) is 2. The number of aliphatic hydroxyl groups is 1. The number of thiazole rings is 1. The Morgan fingerprint density at radius 3 is 2.40 bits per heavy atom. The topological polar surface area (TPSA) is 48.4 Å². The van der Waals surface area contributed by atoms with Gasteiger partial charge >= 0.3 is 0 Å². The first kappa shape index (κ1) is 14.3. The largest absolute Gasteiger partial charge is 0.393 e. The number of aliphatic hydroxyl groups excluding tert-OH is 1. The van der Waals surface area contributed by atoms with Crippen LogP contribution in [0.15, 0.2) is 5.38 Å². The maximum absolute atomic E-state index is 9.56. The number of piperidine rings is 1. The van der Waals surface area contributed by atoms with Crippen molar-refractivity contribution in [3.05, 3.63) is 11.1 Å². The third-order valence-corrected chi connectivity index (χ3v) is 5.56. The number of nitrogens with one attached hydrogen (secondary N) is 1. The van der Waals surface area contributed by atoms with Crippen molar-refractivity contribution in [2.45, 2.75) is 63.6 Å². The Kier molecular flexibility index (Phi) is 4.58. The van der Waals surface area contributed by atoms with Crippen molar-refractivity contribution in [3.8, 4) is 0 Å². The standard InChI is InChI=1S/C15H25N3OS/c1-11-10-20-15(16-11)18-8-6-13(7-9-18)17-12-2-4-14(19)5-3-12/h10,12-14,17,19H,2-9H2,1H3. The van der Waals surface area contributed by atoms with Crippen molar-refractivity contribution >= 4 is 16.5 Å². The number of hydrogen-bond acceptors (Lipinski definition) is 5. The number of anilines is 1. The van der Waals surface area contributed by atoms with Crippen LogP contribution < -0.4 is 10.2 Å². The van der Waals surface area contributed by atoms with Gasteiger partial charge < -0.3 is 15.3 Å². The Labute approximate surface area is 125 Å². The lowest BCUT2D eigenvalue weighted by Gasteiger charge is -2.36. The summed E-state index contributed by atoms with van der Waals surface area (Å²) in [5.41, 5.74) is 1.13. The molecule has 5 heteroatoms. The van der Waals surface area contributed by atoms with E-state index in [1.165, 1.54) is 18.0 Å². The molecule has 2 aliphatic rings. The lowest BCUT2D eigenvalue weighted by Crippen LogP contribution is -2.47. The fourth-order valence-electron chi connectivity index (χ4n) is 3.30. The van der Waals surface area contributed by atoms with Gasteiger partial charge in [0.15, 0.2) is 5.13 Å². The fraction of sp³-hybridized carbons (Fsp3) is 0.800. The highest BCUT2D eigenvalue weighted by molar-refractivity contribution is 7.13. The van der Waals surface area contributed by atoms with Crippen molar-refractivity contribution in [1.29, 1.82) is 0 Å². The summed E-state index contributed by atoms with van der Waals surface area (Å²) in [5.74, 6) is 0. The molecule has 1 aromatic rings.